The Hall–Kier alpha value is -2.78. The van der Waals surface area contributed by atoms with E-state index in [1.54, 1.807) is 19.2 Å². The first-order chi connectivity index (χ1) is 13.0. The Balaban J connectivity index is 1.67. The summed E-state index contributed by atoms with van der Waals surface area (Å²) in [5, 5.41) is 8.67. The number of esters is 1. The average molecular weight is 371 g/mol. The lowest BCUT2D eigenvalue weighted by atomic mass is 9.82. The number of hydrogen-bond donors (Lipinski definition) is 0. The van der Waals surface area contributed by atoms with Crippen molar-refractivity contribution in [3.8, 4) is 11.8 Å². The third kappa shape index (κ3) is 4.32. The topological polar surface area (TPSA) is 59.3 Å². The smallest absolute Gasteiger partial charge is 0.343 e. The summed E-state index contributed by atoms with van der Waals surface area (Å²) in [5.74, 6) is -2.70. The molecule has 0 saturated heterocycles. The van der Waals surface area contributed by atoms with Gasteiger partial charge in [-0.2, -0.15) is 5.26 Å². The highest BCUT2D eigenvalue weighted by Crippen LogP contribution is 2.34. The second-order valence-corrected chi connectivity index (χ2v) is 6.59. The van der Waals surface area contributed by atoms with Crippen molar-refractivity contribution in [1.82, 2.24) is 0 Å². The predicted octanol–water partition coefficient (Wildman–Crippen LogP) is 4.73. The Morgan fingerprint density at radius 3 is 2.19 bits per heavy atom. The number of benzene rings is 2. The lowest BCUT2D eigenvalue weighted by molar-refractivity contribution is 0.0659. The maximum atomic E-state index is 13.6. The molecule has 0 amide bonds. The van der Waals surface area contributed by atoms with E-state index in [1.807, 2.05) is 12.1 Å². The summed E-state index contributed by atoms with van der Waals surface area (Å²) >= 11 is 0. The van der Waals surface area contributed by atoms with Gasteiger partial charge < -0.3 is 9.47 Å². The predicted molar refractivity (Wildman–Crippen MR) is 94.5 cm³/mol. The molecule has 2 aromatic rings. The fourth-order valence-electron chi connectivity index (χ4n) is 3.40. The number of hydrogen-bond acceptors (Lipinski definition) is 4. The fraction of sp³-hybridized carbons (Fsp3) is 0.333. The molecule has 4 nitrogen and oxygen atoms in total. The van der Waals surface area contributed by atoms with Gasteiger partial charge in [0.1, 0.15) is 29.0 Å². The second-order valence-electron chi connectivity index (χ2n) is 6.59. The Morgan fingerprint density at radius 2 is 1.67 bits per heavy atom. The molecule has 1 aliphatic carbocycles. The molecular formula is C21H19F2NO3. The Bertz CT molecular complexity index is 843. The largest absolute Gasteiger partial charge is 0.423 e. The van der Waals surface area contributed by atoms with Crippen molar-refractivity contribution in [2.75, 3.05) is 7.11 Å². The Morgan fingerprint density at radius 1 is 1.07 bits per heavy atom. The van der Waals surface area contributed by atoms with Crippen molar-refractivity contribution >= 4 is 5.97 Å². The van der Waals surface area contributed by atoms with Crippen LogP contribution in [0.1, 0.15) is 53.1 Å². The summed E-state index contributed by atoms with van der Waals surface area (Å²) in [4.78, 5) is 12.2. The van der Waals surface area contributed by atoms with E-state index in [0.717, 1.165) is 43.4 Å². The summed E-state index contributed by atoms with van der Waals surface area (Å²) in [7, 11) is 1.73. The molecule has 0 radical (unpaired) electrons. The zero-order valence-corrected chi connectivity index (χ0v) is 14.9. The Labute approximate surface area is 156 Å². The van der Waals surface area contributed by atoms with E-state index in [1.165, 1.54) is 6.07 Å². The van der Waals surface area contributed by atoms with Crippen LogP contribution in [0, 0.1) is 23.0 Å². The van der Waals surface area contributed by atoms with Gasteiger partial charge in [-0.05, 0) is 49.3 Å². The molecule has 0 aliphatic heterocycles. The highest BCUT2D eigenvalue weighted by Gasteiger charge is 2.22. The van der Waals surface area contributed by atoms with E-state index >= 15 is 0 Å². The molecule has 0 unspecified atom stereocenters. The van der Waals surface area contributed by atoms with Crippen molar-refractivity contribution in [2.24, 2.45) is 0 Å². The molecule has 1 aliphatic rings. The third-order valence-electron chi connectivity index (χ3n) is 4.96. The van der Waals surface area contributed by atoms with E-state index in [2.05, 4.69) is 0 Å². The van der Waals surface area contributed by atoms with E-state index in [-0.39, 0.29) is 11.3 Å². The highest BCUT2D eigenvalue weighted by atomic mass is 19.1. The molecule has 3 rings (SSSR count). The number of halogens is 2. The first kappa shape index (κ1) is 19.0. The van der Waals surface area contributed by atoms with Crippen LogP contribution < -0.4 is 4.74 Å². The molecule has 1 fully saturated rings. The molecule has 0 N–H and O–H groups in total. The normalized spacial score (nSPS) is 19.3. The van der Waals surface area contributed by atoms with E-state index in [0.29, 0.717) is 12.0 Å². The molecule has 0 atom stereocenters. The van der Waals surface area contributed by atoms with Gasteiger partial charge in [-0.3, -0.25) is 0 Å². The molecule has 27 heavy (non-hydrogen) atoms. The van der Waals surface area contributed by atoms with E-state index < -0.39 is 23.2 Å². The van der Waals surface area contributed by atoms with Crippen molar-refractivity contribution < 1.29 is 23.0 Å². The SMILES string of the molecule is COC1CCC(c2ccc(C(=O)Oc3cc(F)c(C#N)c(F)c3)cc2)CC1. The molecular weight excluding hydrogens is 352 g/mol. The van der Waals surface area contributed by atoms with Crippen molar-refractivity contribution in [3.05, 3.63) is 64.7 Å². The number of carbonyl (C=O) groups is 1. The van der Waals surface area contributed by atoms with Crippen LogP contribution in [0.3, 0.4) is 0 Å². The van der Waals surface area contributed by atoms with Crippen molar-refractivity contribution in [1.29, 1.82) is 5.26 Å². The first-order valence-corrected chi connectivity index (χ1v) is 8.76. The second kappa shape index (κ2) is 8.28. The summed E-state index contributed by atoms with van der Waals surface area (Å²) in [6.45, 7) is 0. The quantitative estimate of drug-likeness (QED) is 0.576. The minimum absolute atomic E-state index is 0.282. The van der Waals surface area contributed by atoms with Crippen LogP contribution in [-0.2, 0) is 4.74 Å². The van der Waals surface area contributed by atoms with Gasteiger partial charge in [-0.15, -0.1) is 0 Å². The maximum absolute atomic E-state index is 13.6. The molecule has 1 saturated carbocycles. The lowest BCUT2D eigenvalue weighted by Crippen LogP contribution is -2.19. The summed E-state index contributed by atoms with van der Waals surface area (Å²) in [6.07, 6.45) is 4.42. The number of nitriles is 1. The average Bonchev–Trinajstić information content (AvgIpc) is 2.68. The van der Waals surface area contributed by atoms with Crippen molar-refractivity contribution in [3.63, 3.8) is 0 Å². The minimum Gasteiger partial charge on any atom is -0.423 e. The van der Waals surface area contributed by atoms with Gasteiger partial charge in [-0.25, -0.2) is 13.6 Å². The molecule has 0 spiro atoms. The van der Waals surface area contributed by atoms with Gasteiger partial charge in [-0.1, -0.05) is 12.1 Å². The van der Waals surface area contributed by atoms with Gasteiger partial charge in [0.15, 0.2) is 0 Å². The van der Waals surface area contributed by atoms with E-state index in [4.69, 9.17) is 14.7 Å². The summed E-state index contributed by atoms with van der Waals surface area (Å²) in [6, 6.07) is 10.1. The molecule has 6 heteroatoms. The standard InChI is InChI=1S/C21H19F2NO3/c1-26-16-8-6-14(7-9-16)13-2-4-15(5-3-13)21(25)27-17-10-19(22)18(12-24)20(23)11-17/h2-5,10-11,14,16H,6-9H2,1H3. The molecule has 140 valence electrons. The zero-order valence-electron chi connectivity index (χ0n) is 14.9. The van der Waals surface area contributed by atoms with Gasteiger partial charge in [0.2, 0.25) is 0 Å². The van der Waals surface area contributed by atoms with Crippen LogP contribution in [0.4, 0.5) is 8.78 Å². The highest BCUT2D eigenvalue weighted by molar-refractivity contribution is 5.91. The van der Waals surface area contributed by atoms with Crippen LogP contribution in [0.2, 0.25) is 0 Å². The monoisotopic (exact) mass is 371 g/mol. The number of nitrogens with zero attached hydrogens (tertiary/aromatic N) is 1. The molecule has 0 bridgehead atoms. The minimum atomic E-state index is -1.07. The third-order valence-corrected chi connectivity index (χ3v) is 4.96. The van der Waals surface area contributed by atoms with Crippen LogP contribution in [0.15, 0.2) is 36.4 Å². The maximum Gasteiger partial charge on any atom is 0.343 e. The zero-order chi connectivity index (χ0) is 19.4. The Kier molecular flexibility index (Phi) is 5.82. The van der Waals surface area contributed by atoms with Crippen LogP contribution in [0.5, 0.6) is 5.75 Å². The fourth-order valence-corrected chi connectivity index (χ4v) is 3.40. The number of ether oxygens (including phenoxy) is 2. The van der Waals surface area contributed by atoms with E-state index in [9.17, 15) is 13.6 Å². The number of rotatable bonds is 4. The molecule has 0 heterocycles. The first-order valence-electron chi connectivity index (χ1n) is 8.76. The van der Waals surface area contributed by atoms with Crippen molar-refractivity contribution in [2.45, 2.75) is 37.7 Å². The van der Waals surface area contributed by atoms with Gasteiger partial charge in [0.05, 0.1) is 11.7 Å². The van der Waals surface area contributed by atoms with Gasteiger partial charge >= 0.3 is 5.97 Å². The van der Waals surface area contributed by atoms with Crippen LogP contribution >= 0.6 is 0 Å². The van der Waals surface area contributed by atoms with Crippen LogP contribution in [-0.4, -0.2) is 19.2 Å². The lowest BCUT2D eigenvalue weighted by Gasteiger charge is -2.27. The summed E-state index contributed by atoms with van der Waals surface area (Å²) in [5.41, 5.74) is 0.730. The van der Waals surface area contributed by atoms with Gasteiger partial charge in [0, 0.05) is 19.2 Å². The molecule has 0 aromatic heterocycles. The number of carbonyl (C=O) groups excluding carboxylic acids is 1. The number of methoxy groups -OCH3 is 1. The summed E-state index contributed by atoms with van der Waals surface area (Å²) < 4.78 is 37.6. The molecule has 2 aromatic carbocycles. The van der Waals surface area contributed by atoms with Crippen LogP contribution in [0.25, 0.3) is 0 Å². The van der Waals surface area contributed by atoms with Gasteiger partial charge in [0.25, 0.3) is 0 Å².